The van der Waals surface area contributed by atoms with Crippen LogP contribution < -0.4 is 5.32 Å². The Kier molecular flexibility index (Phi) is 3.31. The van der Waals surface area contributed by atoms with E-state index in [0.717, 1.165) is 17.4 Å². The van der Waals surface area contributed by atoms with Gasteiger partial charge in [0, 0.05) is 26.8 Å². The molecule has 0 bridgehead atoms. The Morgan fingerprint density at radius 1 is 1.33 bits per heavy atom. The smallest absolute Gasteiger partial charge is 0.0351 e. The Hall–Kier alpha value is -0.640. The Morgan fingerprint density at radius 3 is 2.94 bits per heavy atom. The minimum absolute atomic E-state index is 0.603. The molecule has 1 N–H and O–H groups in total. The third-order valence-electron chi connectivity index (χ3n) is 3.49. The summed E-state index contributed by atoms with van der Waals surface area (Å²) in [6, 6.07) is 9.52. The lowest BCUT2D eigenvalue weighted by Gasteiger charge is -2.19. The lowest BCUT2D eigenvalue weighted by Crippen LogP contribution is -2.31. The van der Waals surface area contributed by atoms with E-state index in [2.05, 4.69) is 59.4 Å². The summed E-state index contributed by atoms with van der Waals surface area (Å²) in [5, 5.41) is 3.53. The molecule has 0 aliphatic carbocycles. The fourth-order valence-corrected chi connectivity index (χ4v) is 4.20. The van der Waals surface area contributed by atoms with Crippen LogP contribution in [0.15, 0.2) is 28.7 Å². The van der Waals surface area contributed by atoms with E-state index in [-0.39, 0.29) is 0 Å². The summed E-state index contributed by atoms with van der Waals surface area (Å²) in [5.74, 6) is 0. The first-order valence-electron chi connectivity index (χ1n) is 6.25. The molecule has 0 saturated carbocycles. The standard InChI is InChI=1S/C15H16BrNS/c1-9-5-12(16)3-4-13(9)14-7-11-6-10(2)17-8-15(11)18-14/h3-5,7,10,17H,6,8H2,1-2H3. The third-order valence-corrected chi connectivity index (χ3v) is 5.19. The minimum Gasteiger partial charge on any atom is -0.309 e. The zero-order valence-electron chi connectivity index (χ0n) is 10.6. The Morgan fingerprint density at radius 2 is 2.17 bits per heavy atom. The SMILES string of the molecule is Cc1cc(Br)ccc1-c1cc2c(s1)CNC(C)C2. The molecule has 3 heteroatoms. The van der Waals surface area contributed by atoms with Crippen LogP contribution in [0, 0.1) is 6.92 Å². The van der Waals surface area contributed by atoms with Crippen LogP contribution in [0.1, 0.15) is 22.9 Å². The molecule has 1 atom stereocenters. The second kappa shape index (κ2) is 4.80. The van der Waals surface area contributed by atoms with Gasteiger partial charge in [-0.15, -0.1) is 11.3 Å². The molecule has 3 rings (SSSR count). The van der Waals surface area contributed by atoms with E-state index in [0.29, 0.717) is 6.04 Å². The van der Waals surface area contributed by atoms with Crippen LogP contribution in [-0.4, -0.2) is 6.04 Å². The summed E-state index contributed by atoms with van der Waals surface area (Å²) in [6.07, 6.45) is 1.15. The van der Waals surface area contributed by atoms with Gasteiger partial charge in [-0.2, -0.15) is 0 Å². The van der Waals surface area contributed by atoms with Crippen LogP contribution in [0.25, 0.3) is 10.4 Å². The molecule has 1 unspecified atom stereocenters. The lowest BCUT2D eigenvalue weighted by atomic mass is 10.0. The van der Waals surface area contributed by atoms with Crippen LogP contribution in [0.2, 0.25) is 0 Å². The molecule has 0 amide bonds. The van der Waals surface area contributed by atoms with Crippen molar-refractivity contribution in [1.29, 1.82) is 0 Å². The van der Waals surface area contributed by atoms with Crippen LogP contribution in [-0.2, 0) is 13.0 Å². The molecule has 1 aromatic carbocycles. The van der Waals surface area contributed by atoms with Gasteiger partial charge in [0.1, 0.15) is 0 Å². The quantitative estimate of drug-likeness (QED) is 0.814. The van der Waals surface area contributed by atoms with Crippen LogP contribution in [0.4, 0.5) is 0 Å². The molecule has 0 spiro atoms. The van der Waals surface area contributed by atoms with E-state index in [4.69, 9.17) is 0 Å². The van der Waals surface area contributed by atoms with Crippen molar-refractivity contribution in [1.82, 2.24) is 5.32 Å². The maximum atomic E-state index is 3.53. The van der Waals surface area contributed by atoms with Gasteiger partial charge in [-0.3, -0.25) is 0 Å². The molecular weight excluding hydrogens is 306 g/mol. The molecule has 18 heavy (non-hydrogen) atoms. The number of halogens is 1. The zero-order valence-corrected chi connectivity index (χ0v) is 13.0. The predicted octanol–water partition coefficient (Wildman–Crippen LogP) is 4.52. The van der Waals surface area contributed by atoms with Gasteiger partial charge in [0.15, 0.2) is 0 Å². The van der Waals surface area contributed by atoms with Gasteiger partial charge in [0.2, 0.25) is 0 Å². The van der Waals surface area contributed by atoms with Crippen molar-refractivity contribution in [3.8, 4) is 10.4 Å². The van der Waals surface area contributed by atoms with Crippen molar-refractivity contribution in [3.63, 3.8) is 0 Å². The van der Waals surface area contributed by atoms with E-state index in [1.807, 2.05) is 11.3 Å². The van der Waals surface area contributed by atoms with Gasteiger partial charge in [-0.25, -0.2) is 0 Å². The average molecular weight is 322 g/mol. The first kappa shape index (κ1) is 12.4. The minimum atomic E-state index is 0.603. The van der Waals surface area contributed by atoms with E-state index in [1.54, 1.807) is 0 Å². The molecule has 1 nitrogen and oxygen atoms in total. The summed E-state index contributed by atoms with van der Waals surface area (Å²) in [5.41, 5.74) is 4.23. The number of rotatable bonds is 1. The molecule has 1 aromatic heterocycles. The number of fused-ring (bicyclic) bond motifs is 1. The third kappa shape index (κ3) is 2.27. The summed E-state index contributed by atoms with van der Waals surface area (Å²) in [4.78, 5) is 2.91. The highest BCUT2D eigenvalue weighted by atomic mass is 79.9. The molecule has 1 aliphatic rings. The van der Waals surface area contributed by atoms with Crippen LogP contribution in [0.3, 0.4) is 0 Å². The van der Waals surface area contributed by atoms with Crippen molar-refractivity contribution in [2.45, 2.75) is 32.9 Å². The average Bonchev–Trinajstić information content (AvgIpc) is 2.71. The topological polar surface area (TPSA) is 12.0 Å². The number of nitrogens with one attached hydrogen (secondary N) is 1. The first-order valence-corrected chi connectivity index (χ1v) is 7.86. The maximum absolute atomic E-state index is 3.53. The Balaban J connectivity index is 2.02. The normalized spacial score (nSPS) is 18.7. The van der Waals surface area contributed by atoms with Gasteiger partial charge in [0.05, 0.1) is 0 Å². The fraction of sp³-hybridized carbons (Fsp3) is 0.333. The largest absolute Gasteiger partial charge is 0.309 e. The molecular formula is C15H16BrNS. The van der Waals surface area contributed by atoms with Gasteiger partial charge >= 0.3 is 0 Å². The highest BCUT2D eigenvalue weighted by Crippen LogP contribution is 2.36. The number of thiophene rings is 1. The lowest BCUT2D eigenvalue weighted by molar-refractivity contribution is 0.520. The maximum Gasteiger partial charge on any atom is 0.0351 e. The Labute approximate surface area is 120 Å². The summed E-state index contributed by atoms with van der Waals surface area (Å²) >= 11 is 5.46. The van der Waals surface area contributed by atoms with Gasteiger partial charge in [-0.05, 0) is 55.2 Å². The molecule has 0 fully saturated rings. The van der Waals surface area contributed by atoms with Gasteiger partial charge < -0.3 is 5.32 Å². The van der Waals surface area contributed by atoms with Crippen molar-refractivity contribution in [2.24, 2.45) is 0 Å². The monoisotopic (exact) mass is 321 g/mol. The molecule has 0 radical (unpaired) electrons. The molecule has 1 aliphatic heterocycles. The fourth-order valence-electron chi connectivity index (χ4n) is 2.49. The van der Waals surface area contributed by atoms with Gasteiger partial charge in [-0.1, -0.05) is 22.0 Å². The Bertz CT molecular complexity index is 588. The molecule has 2 aromatic rings. The van der Waals surface area contributed by atoms with Crippen molar-refractivity contribution in [2.75, 3.05) is 0 Å². The van der Waals surface area contributed by atoms with E-state index in [9.17, 15) is 0 Å². The number of benzene rings is 1. The zero-order chi connectivity index (χ0) is 12.7. The van der Waals surface area contributed by atoms with Crippen molar-refractivity contribution in [3.05, 3.63) is 44.7 Å². The summed E-state index contributed by atoms with van der Waals surface area (Å²) in [7, 11) is 0. The van der Waals surface area contributed by atoms with Crippen molar-refractivity contribution >= 4 is 27.3 Å². The highest BCUT2D eigenvalue weighted by molar-refractivity contribution is 9.10. The summed E-state index contributed by atoms with van der Waals surface area (Å²) < 4.78 is 1.15. The van der Waals surface area contributed by atoms with Crippen LogP contribution in [0.5, 0.6) is 0 Å². The van der Waals surface area contributed by atoms with E-state index in [1.165, 1.54) is 26.4 Å². The predicted molar refractivity (Wildman–Crippen MR) is 82.2 cm³/mol. The number of hydrogen-bond acceptors (Lipinski definition) is 2. The molecule has 0 saturated heterocycles. The first-order chi connectivity index (χ1) is 8.63. The number of aryl methyl sites for hydroxylation is 1. The van der Waals surface area contributed by atoms with E-state index >= 15 is 0 Å². The second-order valence-corrected chi connectivity index (χ2v) is 7.06. The van der Waals surface area contributed by atoms with Crippen LogP contribution >= 0.6 is 27.3 Å². The van der Waals surface area contributed by atoms with Gasteiger partial charge in [0.25, 0.3) is 0 Å². The molecule has 94 valence electrons. The highest BCUT2D eigenvalue weighted by Gasteiger charge is 2.18. The van der Waals surface area contributed by atoms with E-state index < -0.39 is 0 Å². The molecule has 2 heterocycles. The van der Waals surface area contributed by atoms with Crippen molar-refractivity contribution < 1.29 is 0 Å². The second-order valence-electron chi connectivity index (χ2n) is 5.00. The summed E-state index contributed by atoms with van der Waals surface area (Å²) in [6.45, 7) is 5.46. The number of hydrogen-bond donors (Lipinski definition) is 1.